The van der Waals surface area contributed by atoms with Gasteiger partial charge in [0.1, 0.15) is 17.7 Å². The molecule has 0 aliphatic rings. The zero-order valence-corrected chi connectivity index (χ0v) is 13.8. The number of guanidine groups is 1. The van der Waals surface area contributed by atoms with Gasteiger partial charge >= 0.3 is 0 Å². The molecule has 2 rings (SSSR count). The van der Waals surface area contributed by atoms with Gasteiger partial charge in [-0.25, -0.2) is 9.38 Å². The van der Waals surface area contributed by atoms with Crippen molar-refractivity contribution < 1.29 is 13.9 Å². The first-order chi connectivity index (χ1) is 11.6. The third-order valence-corrected chi connectivity index (χ3v) is 3.23. The van der Waals surface area contributed by atoms with Gasteiger partial charge in [0.05, 0.1) is 13.2 Å². The maximum Gasteiger partial charge on any atom is 0.193 e. The number of hydrogen-bond donors (Lipinski definition) is 2. The van der Waals surface area contributed by atoms with Crippen LogP contribution < -0.4 is 15.8 Å². The van der Waals surface area contributed by atoms with Crippen LogP contribution in [-0.4, -0.2) is 25.7 Å². The van der Waals surface area contributed by atoms with Gasteiger partial charge in [0.2, 0.25) is 0 Å². The number of aliphatic imine (C=N–C) groups is 1. The van der Waals surface area contributed by atoms with Crippen molar-refractivity contribution in [3.8, 4) is 5.75 Å². The molecule has 128 valence electrons. The van der Waals surface area contributed by atoms with Crippen LogP contribution in [0.1, 0.15) is 12.5 Å². The number of nitrogens with two attached hydrogens (primary N) is 1. The largest absolute Gasteiger partial charge is 0.489 e. The fourth-order valence-corrected chi connectivity index (χ4v) is 2.14. The van der Waals surface area contributed by atoms with E-state index >= 15 is 0 Å². The summed E-state index contributed by atoms with van der Waals surface area (Å²) >= 11 is 0. The fraction of sp³-hybridized carbons (Fsp3) is 0.278. The van der Waals surface area contributed by atoms with Gasteiger partial charge in [-0.05, 0) is 25.1 Å². The minimum atomic E-state index is -0.334. The molecule has 6 heteroatoms. The van der Waals surface area contributed by atoms with Crippen LogP contribution in [0.5, 0.6) is 5.75 Å². The summed E-state index contributed by atoms with van der Waals surface area (Å²) in [5, 5.41) is 3.06. The molecule has 0 saturated heterocycles. The van der Waals surface area contributed by atoms with E-state index in [1.807, 2.05) is 31.2 Å². The second-order valence-electron chi connectivity index (χ2n) is 5.33. The predicted molar refractivity (Wildman–Crippen MR) is 93.8 cm³/mol. The Balaban J connectivity index is 1.91. The highest BCUT2D eigenvalue weighted by Crippen LogP contribution is 2.16. The van der Waals surface area contributed by atoms with Crippen molar-refractivity contribution in [2.24, 2.45) is 10.7 Å². The number of anilines is 1. The van der Waals surface area contributed by atoms with E-state index in [0.29, 0.717) is 18.9 Å². The SMILES string of the molecule is COCc1ccccc1NC(N)=NCC(C)Oc1cccc(F)c1. The van der Waals surface area contributed by atoms with Crippen molar-refractivity contribution in [3.05, 3.63) is 59.9 Å². The van der Waals surface area contributed by atoms with Gasteiger partial charge in [0, 0.05) is 24.4 Å². The number of nitrogens with one attached hydrogen (secondary N) is 1. The van der Waals surface area contributed by atoms with Crippen LogP contribution >= 0.6 is 0 Å². The van der Waals surface area contributed by atoms with Crippen molar-refractivity contribution >= 4 is 11.6 Å². The topological polar surface area (TPSA) is 68.9 Å². The smallest absolute Gasteiger partial charge is 0.193 e. The van der Waals surface area contributed by atoms with E-state index in [9.17, 15) is 4.39 Å². The zero-order valence-electron chi connectivity index (χ0n) is 13.8. The highest BCUT2D eigenvalue weighted by atomic mass is 19.1. The second-order valence-corrected chi connectivity index (χ2v) is 5.33. The lowest BCUT2D eigenvalue weighted by Gasteiger charge is -2.14. The number of methoxy groups -OCH3 is 1. The Morgan fingerprint density at radius 2 is 2.04 bits per heavy atom. The van der Waals surface area contributed by atoms with Crippen molar-refractivity contribution in [1.29, 1.82) is 0 Å². The molecule has 0 saturated carbocycles. The van der Waals surface area contributed by atoms with Crippen LogP contribution in [0.25, 0.3) is 0 Å². The number of nitrogens with zero attached hydrogens (tertiary/aromatic N) is 1. The van der Waals surface area contributed by atoms with Crippen LogP contribution in [0.3, 0.4) is 0 Å². The van der Waals surface area contributed by atoms with E-state index < -0.39 is 0 Å². The summed E-state index contributed by atoms with van der Waals surface area (Å²) in [6, 6.07) is 13.7. The molecule has 0 aliphatic carbocycles. The Hall–Kier alpha value is -2.60. The number of rotatable bonds is 7. The van der Waals surface area contributed by atoms with Gasteiger partial charge in [-0.2, -0.15) is 0 Å². The lowest BCUT2D eigenvalue weighted by molar-refractivity contribution is 0.185. The summed E-state index contributed by atoms with van der Waals surface area (Å²) in [6.07, 6.45) is -0.235. The lowest BCUT2D eigenvalue weighted by atomic mass is 10.2. The maximum atomic E-state index is 13.1. The molecule has 0 fully saturated rings. The molecule has 2 aromatic rings. The van der Waals surface area contributed by atoms with Gasteiger partial charge in [0.25, 0.3) is 0 Å². The molecule has 0 aliphatic heterocycles. The van der Waals surface area contributed by atoms with Gasteiger partial charge in [-0.15, -0.1) is 0 Å². The van der Waals surface area contributed by atoms with Gasteiger partial charge in [-0.3, -0.25) is 0 Å². The van der Waals surface area contributed by atoms with E-state index in [4.69, 9.17) is 15.2 Å². The van der Waals surface area contributed by atoms with Crippen molar-refractivity contribution in [3.63, 3.8) is 0 Å². The zero-order chi connectivity index (χ0) is 17.4. The molecule has 2 aromatic carbocycles. The quantitative estimate of drug-likeness (QED) is 0.604. The molecule has 0 radical (unpaired) electrons. The van der Waals surface area contributed by atoms with E-state index in [0.717, 1.165) is 11.3 Å². The number of benzene rings is 2. The van der Waals surface area contributed by atoms with Gasteiger partial charge < -0.3 is 20.5 Å². The minimum absolute atomic E-state index is 0.235. The highest BCUT2D eigenvalue weighted by Gasteiger charge is 2.06. The molecule has 0 bridgehead atoms. The van der Waals surface area contributed by atoms with Crippen LogP contribution in [0.15, 0.2) is 53.5 Å². The normalized spacial score (nSPS) is 12.7. The maximum absolute atomic E-state index is 13.1. The molecule has 24 heavy (non-hydrogen) atoms. The minimum Gasteiger partial charge on any atom is -0.489 e. The first-order valence-electron chi connectivity index (χ1n) is 7.64. The van der Waals surface area contributed by atoms with Crippen molar-refractivity contribution in [2.75, 3.05) is 19.0 Å². The molecule has 5 nitrogen and oxygen atoms in total. The molecular weight excluding hydrogens is 309 g/mol. The number of halogens is 1. The molecular formula is C18H22FN3O2. The predicted octanol–water partition coefficient (Wildman–Crippen LogP) is 3.17. The molecule has 1 unspecified atom stereocenters. The number of para-hydroxylation sites is 1. The summed E-state index contributed by atoms with van der Waals surface area (Å²) in [5.41, 5.74) is 7.75. The third kappa shape index (κ3) is 5.55. The first kappa shape index (κ1) is 17.7. The third-order valence-electron chi connectivity index (χ3n) is 3.23. The summed E-state index contributed by atoms with van der Waals surface area (Å²) in [6.45, 7) is 2.68. The van der Waals surface area contributed by atoms with E-state index in [-0.39, 0.29) is 17.9 Å². The van der Waals surface area contributed by atoms with Crippen molar-refractivity contribution in [2.45, 2.75) is 19.6 Å². The number of hydrogen-bond acceptors (Lipinski definition) is 3. The lowest BCUT2D eigenvalue weighted by Crippen LogP contribution is -2.26. The van der Waals surface area contributed by atoms with Crippen molar-refractivity contribution in [1.82, 2.24) is 0 Å². The Morgan fingerprint density at radius 3 is 2.79 bits per heavy atom. The average Bonchev–Trinajstić information content (AvgIpc) is 2.55. The molecule has 0 spiro atoms. The van der Waals surface area contributed by atoms with Crippen LogP contribution in [0.4, 0.5) is 10.1 Å². The van der Waals surface area contributed by atoms with E-state index in [1.165, 1.54) is 12.1 Å². The van der Waals surface area contributed by atoms with E-state index in [2.05, 4.69) is 10.3 Å². The first-order valence-corrected chi connectivity index (χ1v) is 7.64. The summed E-state index contributed by atoms with van der Waals surface area (Å²) in [4.78, 5) is 4.26. The Bertz CT molecular complexity index is 691. The Labute approximate surface area is 141 Å². The fourth-order valence-electron chi connectivity index (χ4n) is 2.14. The summed E-state index contributed by atoms with van der Waals surface area (Å²) < 4.78 is 23.9. The van der Waals surface area contributed by atoms with Gasteiger partial charge in [0.15, 0.2) is 5.96 Å². The summed E-state index contributed by atoms with van der Waals surface area (Å²) in [7, 11) is 1.64. The van der Waals surface area contributed by atoms with Crippen LogP contribution in [0, 0.1) is 5.82 Å². The van der Waals surface area contributed by atoms with Crippen LogP contribution in [-0.2, 0) is 11.3 Å². The molecule has 3 N–H and O–H groups in total. The molecule has 0 heterocycles. The van der Waals surface area contributed by atoms with Crippen LogP contribution in [0.2, 0.25) is 0 Å². The second kappa shape index (κ2) is 8.88. The molecule has 0 amide bonds. The standard InChI is InChI=1S/C18H22FN3O2/c1-13(24-16-8-5-7-15(19)10-16)11-21-18(20)22-17-9-4-3-6-14(17)12-23-2/h3-10,13H,11-12H2,1-2H3,(H3,20,21,22). The highest BCUT2D eigenvalue weighted by molar-refractivity contribution is 5.92. The molecule has 1 atom stereocenters. The molecule has 0 aromatic heterocycles. The van der Waals surface area contributed by atoms with E-state index in [1.54, 1.807) is 19.2 Å². The number of ether oxygens (including phenoxy) is 2. The average molecular weight is 331 g/mol. The Kier molecular flexibility index (Phi) is 6.57. The summed E-state index contributed by atoms with van der Waals surface area (Å²) in [5.74, 6) is 0.419. The monoisotopic (exact) mass is 331 g/mol. The van der Waals surface area contributed by atoms with Gasteiger partial charge in [-0.1, -0.05) is 24.3 Å². The Morgan fingerprint density at radius 1 is 1.25 bits per heavy atom.